The first kappa shape index (κ1) is 22.1. The summed E-state index contributed by atoms with van der Waals surface area (Å²) in [6, 6.07) is 8.18. The van der Waals surface area contributed by atoms with Crippen molar-refractivity contribution in [3.05, 3.63) is 24.3 Å². The van der Waals surface area contributed by atoms with E-state index in [2.05, 4.69) is 34.2 Å². The van der Waals surface area contributed by atoms with Crippen LogP contribution >= 0.6 is 24.0 Å². The molecule has 1 aromatic rings. The van der Waals surface area contributed by atoms with Crippen molar-refractivity contribution in [2.24, 2.45) is 4.99 Å². The van der Waals surface area contributed by atoms with Crippen molar-refractivity contribution in [1.29, 1.82) is 0 Å². The van der Waals surface area contributed by atoms with Crippen LogP contribution < -0.4 is 15.0 Å². The van der Waals surface area contributed by atoms with Gasteiger partial charge in [-0.2, -0.15) is 0 Å². The van der Waals surface area contributed by atoms with Gasteiger partial charge in [0.25, 0.3) is 0 Å². The predicted octanol–water partition coefficient (Wildman–Crippen LogP) is 2.71. The van der Waals surface area contributed by atoms with Crippen molar-refractivity contribution in [2.45, 2.75) is 38.2 Å². The Hall–Kier alpha value is -1.22. The molecule has 0 bridgehead atoms. The van der Waals surface area contributed by atoms with Gasteiger partial charge < -0.3 is 25.0 Å². The molecule has 152 valence electrons. The lowest BCUT2D eigenvalue weighted by molar-refractivity contribution is 0.0571. The van der Waals surface area contributed by atoms with Crippen LogP contribution in [0, 0.1) is 0 Å². The Labute approximate surface area is 180 Å². The largest absolute Gasteiger partial charge is 0.495 e. The van der Waals surface area contributed by atoms with Crippen molar-refractivity contribution >= 4 is 35.6 Å². The molecule has 0 unspecified atom stereocenters. The minimum Gasteiger partial charge on any atom is -0.495 e. The van der Waals surface area contributed by atoms with Gasteiger partial charge in [0.2, 0.25) is 0 Å². The molecule has 2 aliphatic rings. The molecule has 1 aliphatic carbocycles. The summed E-state index contributed by atoms with van der Waals surface area (Å²) in [6.45, 7) is 7.09. The van der Waals surface area contributed by atoms with E-state index in [1.807, 2.05) is 12.1 Å². The van der Waals surface area contributed by atoms with E-state index in [1.165, 1.54) is 0 Å². The van der Waals surface area contributed by atoms with E-state index >= 15 is 0 Å². The predicted molar refractivity (Wildman–Crippen MR) is 122 cm³/mol. The Balaban J connectivity index is 0.00000261. The average molecular weight is 488 g/mol. The highest BCUT2D eigenvalue weighted by molar-refractivity contribution is 14.0. The third-order valence-electron chi connectivity index (χ3n) is 5.40. The van der Waals surface area contributed by atoms with Gasteiger partial charge in [0, 0.05) is 32.7 Å². The van der Waals surface area contributed by atoms with Crippen LogP contribution in [0.25, 0.3) is 0 Å². The number of piperazine rings is 1. The Morgan fingerprint density at radius 1 is 1.19 bits per heavy atom. The Bertz CT molecular complexity index is 612. The van der Waals surface area contributed by atoms with Gasteiger partial charge in [0.1, 0.15) is 5.75 Å². The number of guanidine groups is 1. The van der Waals surface area contributed by atoms with Crippen LogP contribution in [0.2, 0.25) is 0 Å². The van der Waals surface area contributed by atoms with Gasteiger partial charge >= 0.3 is 0 Å². The zero-order valence-electron chi connectivity index (χ0n) is 16.5. The average Bonchev–Trinajstić information content (AvgIpc) is 3.12. The summed E-state index contributed by atoms with van der Waals surface area (Å²) in [5, 5.41) is 14.0. The molecule has 7 heteroatoms. The summed E-state index contributed by atoms with van der Waals surface area (Å²) >= 11 is 0. The first-order valence-electron chi connectivity index (χ1n) is 9.79. The fourth-order valence-electron chi connectivity index (χ4n) is 3.89. The Kier molecular flexibility index (Phi) is 8.47. The number of para-hydroxylation sites is 2. The highest BCUT2D eigenvalue weighted by Gasteiger charge is 2.31. The quantitative estimate of drug-likeness (QED) is 0.379. The van der Waals surface area contributed by atoms with E-state index in [-0.39, 0.29) is 24.0 Å². The standard InChI is InChI=1S/C20H32N4O2.HI/c1-3-21-19(22-16-20(25)10-6-7-11-20)24-14-12-23(13-15-24)17-8-4-5-9-18(17)26-2;/h4-5,8-9,25H,3,6-7,10-16H2,1-2H3,(H,21,22);1H. The SMILES string of the molecule is CCNC(=NCC1(O)CCCC1)N1CCN(c2ccccc2OC)CC1.I. The second-order valence-corrected chi connectivity index (χ2v) is 7.25. The van der Waals surface area contributed by atoms with Crippen LogP contribution in [-0.4, -0.2) is 67.9 Å². The minimum absolute atomic E-state index is 0. The molecule has 2 fully saturated rings. The number of halogens is 1. The van der Waals surface area contributed by atoms with E-state index < -0.39 is 5.60 Å². The fourth-order valence-corrected chi connectivity index (χ4v) is 3.89. The fraction of sp³-hybridized carbons (Fsp3) is 0.650. The van der Waals surface area contributed by atoms with Gasteiger partial charge in [0.05, 0.1) is 24.9 Å². The number of aliphatic imine (C=N–C) groups is 1. The smallest absolute Gasteiger partial charge is 0.194 e. The van der Waals surface area contributed by atoms with E-state index in [9.17, 15) is 5.11 Å². The molecule has 1 aromatic carbocycles. The zero-order valence-corrected chi connectivity index (χ0v) is 18.8. The van der Waals surface area contributed by atoms with Crippen molar-refractivity contribution < 1.29 is 9.84 Å². The summed E-state index contributed by atoms with van der Waals surface area (Å²) < 4.78 is 5.50. The molecule has 0 spiro atoms. The highest BCUT2D eigenvalue weighted by atomic mass is 127. The minimum atomic E-state index is -0.597. The number of hydrogen-bond acceptors (Lipinski definition) is 4. The maximum absolute atomic E-state index is 10.6. The van der Waals surface area contributed by atoms with Gasteiger partial charge in [-0.05, 0) is 31.9 Å². The molecule has 1 aliphatic heterocycles. The second-order valence-electron chi connectivity index (χ2n) is 7.25. The lowest BCUT2D eigenvalue weighted by Gasteiger charge is -2.38. The maximum atomic E-state index is 10.6. The van der Waals surface area contributed by atoms with Gasteiger partial charge in [-0.25, -0.2) is 0 Å². The van der Waals surface area contributed by atoms with Gasteiger partial charge in [-0.3, -0.25) is 4.99 Å². The van der Waals surface area contributed by atoms with Crippen LogP contribution in [0.3, 0.4) is 0 Å². The number of methoxy groups -OCH3 is 1. The first-order chi connectivity index (χ1) is 12.6. The van der Waals surface area contributed by atoms with E-state index in [4.69, 9.17) is 9.73 Å². The maximum Gasteiger partial charge on any atom is 0.194 e. The van der Waals surface area contributed by atoms with Crippen molar-refractivity contribution in [3.8, 4) is 5.75 Å². The molecule has 0 atom stereocenters. The van der Waals surface area contributed by atoms with Gasteiger partial charge in [0.15, 0.2) is 5.96 Å². The molecule has 0 amide bonds. The summed E-state index contributed by atoms with van der Waals surface area (Å²) in [4.78, 5) is 9.42. The van der Waals surface area contributed by atoms with Crippen LogP contribution in [0.15, 0.2) is 29.3 Å². The van der Waals surface area contributed by atoms with Crippen LogP contribution in [-0.2, 0) is 0 Å². The Morgan fingerprint density at radius 3 is 2.48 bits per heavy atom. The normalized spacial score (nSPS) is 19.6. The summed E-state index contributed by atoms with van der Waals surface area (Å²) in [5.74, 6) is 1.84. The zero-order chi connectivity index (χ0) is 18.4. The number of rotatable bonds is 5. The molecule has 1 saturated carbocycles. The lowest BCUT2D eigenvalue weighted by atomic mass is 10.0. The van der Waals surface area contributed by atoms with Crippen LogP contribution in [0.4, 0.5) is 5.69 Å². The number of hydrogen-bond donors (Lipinski definition) is 2. The van der Waals surface area contributed by atoms with E-state index in [1.54, 1.807) is 7.11 Å². The molecule has 3 rings (SSSR count). The number of aliphatic hydroxyl groups is 1. The molecule has 0 aromatic heterocycles. The molecule has 27 heavy (non-hydrogen) atoms. The molecule has 0 radical (unpaired) electrons. The number of anilines is 1. The van der Waals surface area contributed by atoms with Gasteiger partial charge in [-0.15, -0.1) is 24.0 Å². The number of nitrogens with zero attached hydrogens (tertiary/aromatic N) is 3. The topological polar surface area (TPSA) is 60.3 Å². The molecule has 2 N–H and O–H groups in total. The molecule has 1 saturated heterocycles. The first-order valence-corrected chi connectivity index (χ1v) is 9.79. The van der Waals surface area contributed by atoms with Crippen LogP contribution in [0.5, 0.6) is 5.75 Å². The third-order valence-corrected chi connectivity index (χ3v) is 5.40. The van der Waals surface area contributed by atoms with Crippen molar-refractivity contribution in [1.82, 2.24) is 10.2 Å². The van der Waals surface area contributed by atoms with Gasteiger partial charge in [-0.1, -0.05) is 25.0 Å². The van der Waals surface area contributed by atoms with E-state index in [0.717, 1.165) is 75.8 Å². The highest BCUT2D eigenvalue weighted by Crippen LogP contribution is 2.30. The Morgan fingerprint density at radius 2 is 1.85 bits per heavy atom. The van der Waals surface area contributed by atoms with Crippen molar-refractivity contribution in [3.63, 3.8) is 0 Å². The molecular weight excluding hydrogens is 455 g/mol. The monoisotopic (exact) mass is 488 g/mol. The second kappa shape index (κ2) is 10.4. The molecule has 6 nitrogen and oxygen atoms in total. The van der Waals surface area contributed by atoms with Crippen molar-refractivity contribution in [2.75, 3.05) is 51.3 Å². The van der Waals surface area contributed by atoms with E-state index in [0.29, 0.717) is 6.54 Å². The third kappa shape index (κ3) is 5.63. The number of benzene rings is 1. The number of nitrogens with one attached hydrogen (secondary N) is 1. The lowest BCUT2D eigenvalue weighted by Crippen LogP contribution is -2.53. The number of ether oxygens (including phenoxy) is 1. The summed E-state index contributed by atoms with van der Waals surface area (Å²) in [5.41, 5.74) is 0.553. The van der Waals surface area contributed by atoms with Crippen LogP contribution in [0.1, 0.15) is 32.6 Å². The molecule has 1 heterocycles. The summed E-state index contributed by atoms with van der Waals surface area (Å²) in [7, 11) is 1.72. The summed E-state index contributed by atoms with van der Waals surface area (Å²) in [6.07, 6.45) is 3.97. The molecular formula is C20H33IN4O2.